The normalized spacial score (nSPS) is 21.3. The number of carbonyl (C=O) groups is 2. The average molecular weight is 304 g/mol. The van der Waals surface area contributed by atoms with Gasteiger partial charge in [0.05, 0.1) is 12.0 Å². The number of alkyl carbamates (subject to hydrolysis) is 1. The van der Waals surface area contributed by atoms with Crippen molar-refractivity contribution in [2.24, 2.45) is 5.92 Å². The molecule has 1 aliphatic heterocycles. The smallest absolute Gasteiger partial charge is 0.407 e. The van der Waals surface area contributed by atoms with E-state index in [0.29, 0.717) is 19.6 Å². The van der Waals surface area contributed by atoms with E-state index < -0.39 is 24.0 Å². The number of amides is 1. The Morgan fingerprint density at radius 1 is 1.36 bits per heavy atom. The molecule has 1 heterocycles. The van der Waals surface area contributed by atoms with Crippen molar-refractivity contribution in [1.29, 1.82) is 0 Å². The first kappa shape index (κ1) is 16.0. The van der Waals surface area contributed by atoms with Crippen LogP contribution in [0.3, 0.4) is 0 Å². The second-order valence-corrected chi connectivity index (χ2v) is 5.26. The fraction of sp³-hybridized carbons (Fsp3) is 0.375. The molecule has 0 aromatic heterocycles. The number of ether oxygens (including phenoxy) is 1. The number of likely N-dealkylation sites (tertiary alicyclic amines) is 1. The largest absolute Gasteiger partial charge is 0.481 e. The standard InChI is InChI=1S/C16H20N2O4/c1-2-8-22-16(21)17-14-11-18(10-13(14)15(19)20)9-12-6-4-3-5-7-12/h2-7,13-14H,1,8-11H2,(H,17,21)(H,19,20). The van der Waals surface area contributed by atoms with Gasteiger partial charge in [-0.1, -0.05) is 43.0 Å². The summed E-state index contributed by atoms with van der Waals surface area (Å²) < 4.78 is 4.86. The molecule has 6 nitrogen and oxygen atoms in total. The Kier molecular flexibility index (Phi) is 5.55. The maximum Gasteiger partial charge on any atom is 0.407 e. The van der Waals surface area contributed by atoms with E-state index in [-0.39, 0.29) is 6.61 Å². The summed E-state index contributed by atoms with van der Waals surface area (Å²) in [7, 11) is 0. The Labute approximate surface area is 129 Å². The molecular weight excluding hydrogens is 284 g/mol. The van der Waals surface area contributed by atoms with Gasteiger partial charge in [-0.05, 0) is 5.56 Å². The van der Waals surface area contributed by atoms with Crippen LogP contribution in [0, 0.1) is 5.92 Å². The number of nitrogens with zero attached hydrogens (tertiary/aromatic N) is 1. The zero-order valence-corrected chi connectivity index (χ0v) is 12.3. The fourth-order valence-corrected chi connectivity index (χ4v) is 2.58. The van der Waals surface area contributed by atoms with Crippen molar-refractivity contribution in [1.82, 2.24) is 10.2 Å². The van der Waals surface area contributed by atoms with Crippen LogP contribution in [-0.4, -0.2) is 47.8 Å². The number of carboxylic acids is 1. The average Bonchev–Trinajstić information content (AvgIpc) is 2.89. The molecule has 1 fully saturated rings. The van der Waals surface area contributed by atoms with Crippen LogP contribution >= 0.6 is 0 Å². The number of hydrogen-bond acceptors (Lipinski definition) is 4. The maximum absolute atomic E-state index is 11.6. The SMILES string of the molecule is C=CCOC(=O)NC1CN(Cc2ccccc2)CC1C(=O)O. The van der Waals surface area contributed by atoms with Gasteiger partial charge in [0.15, 0.2) is 0 Å². The number of aliphatic carboxylic acids is 1. The first-order valence-corrected chi connectivity index (χ1v) is 7.13. The Morgan fingerprint density at radius 3 is 2.73 bits per heavy atom. The van der Waals surface area contributed by atoms with E-state index in [2.05, 4.69) is 11.9 Å². The molecule has 6 heteroatoms. The Balaban J connectivity index is 1.95. The van der Waals surface area contributed by atoms with Gasteiger partial charge in [0.2, 0.25) is 0 Å². The summed E-state index contributed by atoms with van der Waals surface area (Å²) >= 11 is 0. The summed E-state index contributed by atoms with van der Waals surface area (Å²) in [6.45, 7) is 5.10. The molecule has 2 unspecified atom stereocenters. The highest BCUT2D eigenvalue weighted by atomic mass is 16.5. The van der Waals surface area contributed by atoms with E-state index >= 15 is 0 Å². The van der Waals surface area contributed by atoms with E-state index in [4.69, 9.17) is 4.74 Å². The maximum atomic E-state index is 11.6. The summed E-state index contributed by atoms with van der Waals surface area (Å²) in [6, 6.07) is 9.36. The van der Waals surface area contributed by atoms with Crippen molar-refractivity contribution in [3.8, 4) is 0 Å². The van der Waals surface area contributed by atoms with E-state index in [9.17, 15) is 14.7 Å². The molecule has 1 saturated heterocycles. The lowest BCUT2D eigenvalue weighted by molar-refractivity contribution is -0.141. The van der Waals surface area contributed by atoms with Crippen molar-refractivity contribution in [3.63, 3.8) is 0 Å². The molecule has 0 saturated carbocycles. The minimum Gasteiger partial charge on any atom is -0.481 e. The van der Waals surface area contributed by atoms with Crippen molar-refractivity contribution in [2.75, 3.05) is 19.7 Å². The molecule has 22 heavy (non-hydrogen) atoms. The van der Waals surface area contributed by atoms with Gasteiger partial charge in [0.25, 0.3) is 0 Å². The second kappa shape index (κ2) is 7.61. The van der Waals surface area contributed by atoms with Crippen molar-refractivity contribution in [2.45, 2.75) is 12.6 Å². The zero-order chi connectivity index (χ0) is 15.9. The summed E-state index contributed by atoms with van der Waals surface area (Å²) in [5, 5.41) is 12.0. The van der Waals surface area contributed by atoms with Gasteiger partial charge in [-0.2, -0.15) is 0 Å². The minimum atomic E-state index is -0.912. The monoisotopic (exact) mass is 304 g/mol. The number of benzene rings is 1. The highest BCUT2D eigenvalue weighted by molar-refractivity contribution is 5.74. The van der Waals surface area contributed by atoms with Crippen LogP contribution in [0.2, 0.25) is 0 Å². The van der Waals surface area contributed by atoms with E-state index in [1.54, 1.807) is 0 Å². The topological polar surface area (TPSA) is 78.9 Å². The van der Waals surface area contributed by atoms with Gasteiger partial charge in [-0.15, -0.1) is 0 Å². The molecule has 0 spiro atoms. The van der Waals surface area contributed by atoms with Gasteiger partial charge in [-0.3, -0.25) is 9.69 Å². The van der Waals surface area contributed by atoms with Gasteiger partial charge in [0.1, 0.15) is 6.61 Å². The Bertz CT molecular complexity index is 532. The first-order valence-electron chi connectivity index (χ1n) is 7.13. The molecule has 1 amide bonds. The zero-order valence-electron chi connectivity index (χ0n) is 12.3. The highest BCUT2D eigenvalue weighted by Crippen LogP contribution is 2.20. The van der Waals surface area contributed by atoms with Gasteiger partial charge >= 0.3 is 12.1 Å². The van der Waals surface area contributed by atoms with Gasteiger partial charge in [-0.25, -0.2) is 4.79 Å². The van der Waals surface area contributed by atoms with Crippen LogP contribution in [0.1, 0.15) is 5.56 Å². The third-order valence-corrected chi connectivity index (χ3v) is 3.60. The van der Waals surface area contributed by atoms with Crippen LogP contribution in [-0.2, 0) is 16.1 Å². The molecule has 2 N–H and O–H groups in total. The minimum absolute atomic E-state index is 0.101. The molecule has 1 aliphatic rings. The van der Waals surface area contributed by atoms with E-state index in [1.807, 2.05) is 35.2 Å². The van der Waals surface area contributed by atoms with Crippen molar-refractivity contribution < 1.29 is 19.4 Å². The lowest BCUT2D eigenvalue weighted by Crippen LogP contribution is -2.43. The number of rotatable bonds is 6. The van der Waals surface area contributed by atoms with Crippen molar-refractivity contribution in [3.05, 3.63) is 48.6 Å². The van der Waals surface area contributed by atoms with E-state index in [1.165, 1.54) is 6.08 Å². The van der Waals surface area contributed by atoms with Crippen LogP contribution in [0.4, 0.5) is 4.79 Å². The molecule has 2 rings (SSSR count). The predicted octanol–water partition coefficient (Wildman–Crippen LogP) is 1.48. The summed E-state index contributed by atoms with van der Waals surface area (Å²) in [5.74, 6) is -1.55. The van der Waals surface area contributed by atoms with Gasteiger partial charge < -0.3 is 15.2 Å². The third-order valence-electron chi connectivity index (χ3n) is 3.60. The van der Waals surface area contributed by atoms with E-state index in [0.717, 1.165) is 5.56 Å². The first-order chi connectivity index (χ1) is 10.6. The lowest BCUT2D eigenvalue weighted by Gasteiger charge is -2.17. The Morgan fingerprint density at radius 2 is 2.09 bits per heavy atom. The summed E-state index contributed by atoms with van der Waals surface area (Å²) in [4.78, 5) is 25.0. The van der Waals surface area contributed by atoms with Crippen LogP contribution in [0.5, 0.6) is 0 Å². The third kappa shape index (κ3) is 4.33. The van der Waals surface area contributed by atoms with Crippen molar-refractivity contribution >= 4 is 12.1 Å². The second-order valence-electron chi connectivity index (χ2n) is 5.26. The van der Waals surface area contributed by atoms with Crippen LogP contribution in [0.15, 0.2) is 43.0 Å². The number of hydrogen-bond donors (Lipinski definition) is 2. The molecule has 0 bridgehead atoms. The molecule has 1 aromatic rings. The quantitative estimate of drug-likeness (QED) is 0.778. The highest BCUT2D eigenvalue weighted by Gasteiger charge is 2.38. The van der Waals surface area contributed by atoms with Gasteiger partial charge in [0, 0.05) is 19.6 Å². The van der Waals surface area contributed by atoms with Crippen LogP contribution in [0.25, 0.3) is 0 Å². The van der Waals surface area contributed by atoms with Crippen LogP contribution < -0.4 is 5.32 Å². The number of carbonyl (C=O) groups excluding carboxylic acids is 1. The summed E-state index contributed by atoms with van der Waals surface area (Å²) in [6.07, 6.45) is 0.850. The molecule has 0 aliphatic carbocycles. The number of carboxylic acid groups (broad SMARTS) is 1. The molecule has 0 radical (unpaired) electrons. The lowest BCUT2D eigenvalue weighted by atomic mass is 10.0. The molecule has 1 aromatic carbocycles. The molecule has 2 atom stereocenters. The summed E-state index contributed by atoms with van der Waals surface area (Å²) in [5.41, 5.74) is 1.11. The fourth-order valence-electron chi connectivity index (χ4n) is 2.58. The molecule has 118 valence electrons. The molecular formula is C16H20N2O4. The number of nitrogens with one attached hydrogen (secondary N) is 1. The predicted molar refractivity (Wildman–Crippen MR) is 81.3 cm³/mol. The Hall–Kier alpha value is -2.34.